The SMILES string of the molecule is CNC(=O)c1cccc(CNC(=O)c2cccc(OCc3cccc(C)c3)c2)c1. The van der Waals surface area contributed by atoms with E-state index < -0.39 is 0 Å². The molecule has 0 spiro atoms. The summed E-state index contributed by atoms with van der Waals surface area (Å²) in [6.07, 6.45) is 0. The second-order valence-electron chi connectivity index (χ2n) is 6.77. The van der Waals surface area contributed by atoms with Crippen LogP contribution < -0.4 is 15.4 Å². The Morgan fingerprint density at radius 3 is 2.28 bits per heavy atom. The second-order valence-corrected chi connectivity index (χ2v) is 6.77. The Kier molecular flexibility index (Phi) is 6.63. The summed E-state index contributed by atoms with van der Waals surface area (Å²) < 4.78 is 5.83. The molecule has 0 aliphatic heterocycles. The van der Waals surface area contributed by atoms with E-state index in [9.17, 15) is 9.59 Å². The third kappa shape index (κ3) is 5.69. The van der Waals surface area contributed by atoms with Gasteiger partial charge in [0, 0.05) is 24.7 Å². The Bertz CT molecular complexity index is 1010. The number of carbonyl (C=O) groups is 2. The molecule has 3 rings (SSSR count). The van der Waals surface area contributed by atoms with Gasteiger partial charge >= 0.3 is 0 Å². The smallest absolute Gasteiger partial charge is 0.251 e. The number of rotatable bonds is 7. The van der Waals surface area contributed by atoms with Gasteiger partial charge in [0.2, 0.25) is 0 Å². The molecule has 0 bridgehead atoms. The van der Waals surface area contributed by atoms with Crippen LogP contribution >= 0.6 is 0 Å². The maximum atomic E-state index is 12.5. The third-order valence-electron chi connectivity index (χ3n) is 4.45. The van der Waals surface area contributed by atoms with Crippen molar-refractivity contribution < 1.29 is 14.3 Å². The van der Waals surface area contributed by atoms with Gasteiger partial charge in [0.05, 0.1) is 0 Å². The van der Waals surface area contributed by atoms with E-state index in [1.54, 1.807) is 43.4 Å². The second kappa shape index (κ2) is 9.55. The van der Waals surface area contributed by atoms with Crippen LogP contribution in [-0.4, -0.2) is 18.9 Å². The van der Waals surface area contributed by atoms with E-state index in [1.165, 1.54) is 5.56 Å². The van der Waals surface area contributed by atoms with Crippen molar-refractivity contribution in [2.75, 3.05) is 7.05 Å². The molecule has 2 amide bonds. The van der Waals surface area contributed by atoms with E-state index >= 15 is 0 Å². The van der Waals surface area contributed by atoms with Gasteiger partial charge in [-0.25, -0.2) is 0 Å². The van der Waals surface area contributed by atoms with Crippen molar-refractivity contribution in [2.24, 2.45) is 0 Å². The van der Waals surface area contributed by atoms with E-state index in [0.717, 1.165) is 11.1 Å². The molecular weight excluding hydrogens is 364 g/mol. The highest BCUT2D eigenvalue weighted by molar-refractivity contribution is 5.95. The van der Waals surface area contributed by atoms with Crippen molar-refractivity contribution in [2.45, 2.75) is 20.1 Å². The first-order valence-electron chi connectivity index (χ1n) is 9.43. The molecule has 0 aromatic heterocycles. The van der Waals surface area contributed by atoms with Gasteiger partial charge in [0.15, 0.2) is 0 Å². The summed E-state index contributed by atoms with van der Waals surface area (Å²) in [4.78, 5) is 24.3. The minimum absolute atomic E-state index is 0.156. The highest BCUT2D eigenvalue weighted by Gasteiger charge is 2.08. The van der Waals surface area contributed by atoms with Crippen LogP contribution in [0, 0.1) is 6.92 Å². The molecule has 0 radical (unpaired) electrons. The predicted octanol–water partition coefficient (Wildman–Crippen LogP) is 3.86. The molecule has 3 aromatic carbocycles. The summed E-state index contributed by atoms with van der Waals surface area (Å²) in [7, 11) is 1.59. The molecule has 29 heavy (non-hydrogen) atoms. The highest BCUT2D eigenvalue weighted by Crippen LogP contribution is 2.16. The normalized spacial score (nSPS) is 10.3. The fourth-order valence-electron chi connectivity index (χ4n) is 2.95. The van der Waals surface area contributed by atoms with Crippen molar-refractivity contribution >= 4 is 11.8 Å². The molecular formula is C24H24N2O3. The molecule has 0 heterocycles. The van der Waals surface area contributed by atoms with Crippen molar-refractivity contribution in [1.29, 1.82) is 0 Å². The zero-order valence-corrected chi connectivity index (χ0v) is 16.6. The maximum absolute atomic E-state index is 12.5. The lowest BCUT2D eigenvalue weighted by atomic mass is 10.1. The molecule has 148 valence electrons. The first-order valence-corrected chi connectivity index (χ1v) is 9.43. The van der Waals surface area contributed by atoms with E-state index in [4.69, 9.17) is 4.74 Å². The standard InChI is InChI=1S/C24H24N2O3/c1-17-6-3-8-19(12-17)16-29-22-11-5-10-21(14-22)24(28)26-15-18-7-4-9-20(13-18)23(27)25-2/h3-14H,15-16H2,1-2H3,(H,25,27)(H,26,28). The van der Waals surface area contributed by atoms with Gasteiger partial charge in [-0.3, -0.25) is 9.59 Å². The Labute approximate surface area is 170 Å². The predicted molar refractivity (Wildman–Crippen MR) is 113 cm³/mol. The van der Waals surface area contributed by atoms with Crippen molar-refractivity contribution in [1.82, 2.24) is 10.6 Å². The molecule has 0 saturated heterocycles. The molecule has 0 aliphatic carbocycles. The molecule has 2 N–H and O–H groups in total. The summed E-state index contributed by atoms with van der Waals surface area (Å²) in [6.45, 7) is 2.82. The molecule has 0 atom stereocenters. The number of carbonyl (C=O) groups excluding carboxylic acids is 2. The van der Waals surface area contributed by atoms with Crippen LogP contribution in [0.5, 0.6) is 5.75 Å². The average molecular weight is 388 g/mol. The van der Waals surface area contributed by atoms with Gasteiger partial charge in [0.25, 0.3) is 11.8 Å². The van der Waals surface area contributed by atoms with Gasteiger partial charge in [-0.2, -0.15) is 0 Å². The minimum Gasteiger partial charge on any atom is -0.489 e. The average Bonchev–Trinajstić information content (AvgIpc) is 2.76. The minimum atomic E-state index is -0.198. The Hall–Kier alpha value is -3.60. The largest absolute Gasteiger partial charge is 0.489 e. The fourth-order valence-corrected chi connectivity index (χ4v) is 2.95. The first-order chi connectivity index (χ1) is 14.0. The van der Waals surface area contributed by atoms with E-state index in [0.29, 0.717) is 30.0 Å². The number of ether oxygens (including phenoxy) is 1. The van der Waals surface area contributed by atoms with Crippen LogP contribution in [0.2, 0.25) is 0 Å². The van der Waals surface area contributed by atoms with Crippen LogP contribution in [0.4, 0.5) is 0 Å². The quantitative estimate of drug-likeness (QED) is 0.646. The summed E-state index contributed by atoms with van der Waals surface area (Å²) in [5.74, 6) is 0.286. The first kappa shape index (κ1) is 20.1. The molecule has 0 aliphatic rings. The van der Waals surface area contributed by atoms with E-state index in [2.05, 4.69) is 16.7 Å². The number of hydrogen-bond donors (Lipinski definition) is 2. The Morgan fingerprint density at radius 2 is 1.52 bits per heavy atom. The number of nitrogens with one attached hydrogen (secondary N) is 2. The van der Waals surface area contributed by atoms with Crippen molar-refractivity contribution in [3.05, 3.63) is 101 Å². The van der Waals surface area contributed by atoms with E-state index in [-0.39, 0.29) is 11.8 Å². The lowest BCUT2D eigenvalue weighted by Crippen LogP contribution is -2.23. The van der Waals surface area contributed by atoms with E-state index in [1.807, 2.05) is 37.3 Å². The summed E-state index contributed by atoms with van der Waals surface area (Å²) in [6, 6.07) is 22.4. The summed E-state index contributed by atoms with van der Waals surface area (Å²) in [5.41, 5.74) is 4.20. The zero-order valence-electron chi connectivity index (χ0n) is 16.6. The highest BCUT2D eigenvalue weighted by atomic mass is 16.5. The summed E-state index contributed by atoms with van der Waals surface area (Å²) in [5, 5.41) is 5.47. The number of aryl methyl sites for hydroxylation is 1. The summed E-state index contributed by atoms with van der Waals surface area (Å²) >= 11 is 0. The van der Waals surface area contributed by atoms with Gasteiger partial charge in [-0.05, 0) is 48.4 Å². The number of benzene rings is 3. The number of amides is 2. The van der Waals surface area contributed by atoms with Gasteiger partial charge in [0.1, 0.15) is 12.4 Å². The molecule has 0 saturated carbocycles. The van der Waals surface area contributed by atoms with Crippen LogP contribution in [0.3, 0.4) is 0 Å². The fraction of sp³-hybridized carbons (Fsp3) is 0.167. The van der Waals surface area contributed by atoms with Crippen LogP contribution in [0.1, 0.15) is 37.4 Å². The van der Waals surface area contributed by atoms with Gasteiger partial charge in [-0.1, -0.05) is 48.0 Å². The van der Waals surface area contributed by atoms with Crippen molar-refractivity contribution in [3.63, 3.8) is 0 Å². The van der Waals surface area contributed by atoms with Crippen LogP contribution in [-0.2, 0) is 13.2 Å². The lowest BCUT2D eigenvalue weighted by molar-refractivity contribution is 0.0948. The maximum Gasteiger partial charge on any atom is 0.251 e. The molecule has 0 fully saturated rings. The molecule has 5 nitrogen and oxygen atoms in total. The third-order valence-corrected chi connectivity index (χ3v) is 4.45. The molecule has 0 unspecified atom stereocenters. The monoisotopic (exact) mass is 388 g/mol. The Balaban J connectivity index is 1.60. The van der Waals surface area contributed by atoms with Crippen molar-refractivity contribution in [3.8, 4) is 5.75 Å². The van der Waals surface area contributed by atoms with Gasteiger partial charge < -0.3 is 15.4 Å². The van der Waals surface area contributed by atoms with Crippen LogP contribution in [0.15, 0.2) is 72.8 Å². The van der Waals surface area contributed by atoms with Crippen LogP contribution in [0.25, 0.3) is 0 Å². The molecule has 5 heteroatoms. The molecule has 3 aromatic rings. The number of hydrogen-bond acceptors (Lipinski definition) is 3. The topological polar surface area (TPSA) is 67.4 Å². The lowest BCUT2D eigenvalue weighted by Gasteiger charge is -2.10. The Morgan fingerprint density at radius 1 is 0.828 bits per heavy atom. The van der Waals surface area contributed by atoms with Gasteiger partial charge in [-0.15, -0.1) is 0 Å². The zero-order chi connectivity index (χ0) is 20.6.